The first kappa shape index (κ1) is 23.9. The molecule has 172 valence electrons. The fraction of sp³-hybridized carbons (Fsp3) is 0.417. The number of anilines is 2. The van der Waals surface area contributed by atoms with E-state index < -0.39 is 22.0 Å². The van der Waals surface area contributed by atoms with E-state index in [1.807, 2.05) is 32.0 Å². The molecule has 3 rings (SSSR count). The molecule has 1 aliphatic heterocycles. The molecule has 2 N–H and O–H groups in total. The highest BCUT2D eigenvalue weighted by Gasteiger charge is 2.30. The van der Waals surface area contributed by atoms with Crippen molar-refractivity contribution in [2.24, 2.45) is 5.92 Å². The summed E-state index contributed by atoms with van der Waals surface area (Å²) in [6.45, 7) is 9.59. The van der Waals surface area contributed by atoms with Gasteiger partial charge < -0.3 is 10.2 Å². The van der Waals surface area contributed by atoms with Crippen molar-refractivity contribution in [3.63, 3.8) is 0 Å². The van der Waals surface area contributed by atoms with Crippen LogP contribution in [-0.2, 0) is 26.0 Å². The monoisotopic (exact) mass is 457 g/mol. The predicted molar refractivity (Wildman–Crippen MR) is 126 cm³/mol. The molecule has 0 bridgehead atoms. The number of hydrogen-bond acceptors (Lipinski definition) is 4. The molecule has 2 aromatic carbocycles. The van der Waals surface area contributed by atoms with Crippen LogP contribution in [0.4, 0.5) is 11.4 Å². The summed E-state index contributed by atoms with van der Waals surface area (Å²) in [7, 11) is -3.94. The number of hydrogen-bond donors (Lipinski definition) is 2. The fourth-order valence-electron chi connectivity index (χ4n) is 3.96. The third kappa shape index (κ3) is 5.19. The molecule has 0 aromatic heterocycles. The minimum absolute atomic E-state index is 0.0670. The summed E-state index contributed by atoms with van der Waals surface area (Å²) in [4.78, 5) is 26.6. The normalized spacial score (nSPS) is 14.8. The average molecular weight is 458 g/mol. The van der Waals surface area contributed by atoms with Crippen LogP contribution in [0.3, 0.4) is 0 Å². The van der Waals surface area contributed by atoms with Crippen LogP contribution in [0.5, 0.6) is 0 Å². The van der Waals surface area contributed by atoms with Crippen molar-refractivity contribution in [1.82, 2.24) is 4.72 Å². The van der Waals surface area contributed by atoms with Crippen LogP contribution in [0.15, 0.2) is 41.3 Å². The van der Waals surface area contributed by atoms with Crippen molar-refractivity contribution in [1.29, 1.82) is 0 Å². The molecule has 1 atom stereocenters. The summed E-state index contributed by atoms with van der Waals surface area (Å²) < 4.78 is 28.9. The fourth-order valence-corrected chi connectivity index (χ4v) is 5.35. The van der Waals surface area contributed by atoms with Crippen LogP contribution < -0.4 is 14.9 Å². The second-order valence-electron chi connectivity index (χ2n) is 8.72. The van der Waals surface area contributed by atoms with Crippen molar-refractivity contribution in [2.45, 2.75) is 58.4 Å². The number of rotatable bonds is 6. The smallest absolute Gasteiger partial charge is 0.242 e. The summed E-state index contributed by atoms with van der Waals surface area (Å²) in [5.41, 5.74) is 4.21. The molecule has 32 heavy (non-hydrogen) atoms. The van der Waals surface area contributed by atoms with Gasteiger partial charge in [-0.1, -0.05) is 31.5 Å². The van der Waals surface area contributed by atoms with Gasteiger partial charge in [-0.2, -0.15) is 4.72 Å². The first-order valence-electron chi connectivity index (χ1n) is 10.8. The van der Waals surface area contributed by atoms with E-state index in [9.17, 15) is 18.0 Å². The topological polar surface area (TPSA) is 95.6 Å². The van der Waals surface area contributed by atoms with E-state index in [1.54, 1.807) is 30.9 Å². The summed E-state index contributed by atoms with van der Waals surface area (Å²) in [6, 6.07) is 9.50. The number of aryl methyl sites for hydroxylation is 3. The highest BCUT2D eigenvalue weighted by Crippen LogP contribution is 2.29. The molecule has 7 nitrogen and oxygen atoms in total. The Kier molecular flexibility index (Phi) is 7.05. The van der Waals surface area contributed by atoms with Gasteiger partial charge in [0.1, 0.15) is 6.04 Å². The molecule has 1 unspecified atom stereocenters. The predicted octanol–water partition coefficient (Wildman–Crippen LogP) is 3.54. The molecule has 0 saturated heterocycles. The van der Waals surface area contributed by atoms with E-state index in [0.717, 1.165) is 28.8 Å². The lowest BCUT2D eigenvalue weighted by Crippen LogP contribution is -2.47. The van der Waals surface area contributed by atoms with E-state index in [2.05, 4.69) is 10.0 Å². The quantitative estimate of drug-likeness (QED) is 0.694. The van der Waals surface area contributed by atoms with E-state index in [0.29, 0.717) is 18.7 Å². The molecule has 0 aliphatic carbocycles. The lowest BCUT2D eigenvalue weighted by atomic mass is 10.0. The third-order valence-electron chi connectivity index (χ3n) is 5.73. The summed E-state index contributed by atoms with van der Waals surface area (Å²) >= 11 is 0. The molecular weight excluding hydrogens is 426 g/mol. The summed E-state index contributed by atoms with van der Waals surface area (Å²) in [6.07, 6.45) is 1.47. The maximum absolute atomic E-state index is 13.1. The number of carbonyl (C=O) groups excluding carboxylic acids is 2. The van der Waals surface area contributed by atoms with Crippen LogP contribution in [0.2, 0.25) is 0 Å². The Morgan fingerprint density at radius 3 is 2.41 bits per heavy atom. The van der Waals surface area contributed by atoms with Crippen LogP contribution in [0.25, 0.3) is 0 Å². The van der Waals surface area contributed by atoms with Crippen LogP contribution >= 0.6 is 0 Å². The van der Waals surface area contributed by atoms with Crippen molar-refractivity contribution >= 4 is 33.2 Å². The molecule has 0 saturated carbocycles. The van der Waals surface area contributed by atoms with Gasteiger partial charge in [-0.25, -0.2) is 8.42 Å². The molecule has 1 aliphatic rings. The molecule has 0 fully saturated rings. The van der Waals surface area contributed by atoms with Crippen LogP contribution in [0, 0.1) is 19.8 Å². The highest BCUT2D eigenvalue weighted by molar-refractivity contribution is 7.89. The Bertz CT molecular complexity index is 1140. The van der Waals surface area contributed by atoms with Crippen molar-refractivity contribution in [3.8, 4) is 0 Å². The van der Waals surface area contributed by atoms with Gasteiger partial charge in [0.25, 0.3) is 0 Å². The average Bonchev–Trinajstić information content (AvgIpc) is 2.72. The van der Waals surface area contributed by atoms with Gasteiger partial charge in [0.2, 0.25) is 21.8 Å². The van der Waals surface area contributed by atoms with Crippen LogP contribution in [0.1, 0.15) is 43.9 Å². The Morgan fingerprint density at radius 1 is 1.06 bits per heavy atom. The highest BCUT2D eigenvalue weighted by atomic mass is 32.2. The number of carbonyl (C=O) groups is 2. The van der Waals surface area contributed by atoms with Gasteiger partial charge in [-0.05, 0) is 68.0 Å². The second-order valence-corrected chi connectivity index (χ2v) is 10.4. The Morgan fingerprint density at radius 2 is 1.78 bits per heavy atom. The maximum Gasteiger partial charge on any atom is 0.242 e. The molecule has 8 heteroatoms. The van der Waals surface area contributed by atoms with Gasteiger partial charge >= 0.3 is 0 Å². The van der Waals surface area contributed by atoms with Crippen molar-refractivity contribution < 1.29 is 18.0 Å². The molecular formula is C24H31N3O4S. The van der Waals surface area contributed by atoms with E-state index in [4.69, 9.17) is 0 Å². The van der Waals surface area contributed by atoms with Crippen molar-refractivity contribution in [3.05, 3.63) is 53.1 Å². The zero-order chi connectivity index (χ0) is 23.6. The van der Waals surface area contributed by atoms with E-state index in [1.165, 1.54) is 13.0 Å². The standard InChI is InChI=1S/C24H31N3O4S/c1-15(2)23(24(29)25-21-10-8-16(3)13-17(21)4)26-32(30,31)20-9-11-22-19(14-20)7-6-12-27(22)18(5)28/h8-11,13-15,23,26H,6-7,12H2,1-5H3,(H,25,29). The van der Waals surface area contributed by atoms with Crippen LogP contribution in [-0.4, -0.2) is 32.8 Å². The summed E-state index contributed by atoms with van der Waals surface area (Å²) in [5, 5.41) is 2.85. The number of nitrogens with one attached hydrogen (secondary N) is 2. The minimum atomic E-state index is -3.94. The zero-order valence-corrected chi connectivity index (χ0v) is 20.0. The number of sulfonamides is 1. The van der Waals surface area contributed by atoms with Gasteiger partial charge in [0, 0.05) is 24.8 Å². The number of fused-ring (bicyclic) bond motifs is 1. The number of amides is 2. The molecule has 2 aromatic rings. The Labute approximate surface area is 190 Å². The second kappa shape index (κ2) is 9.42. The molecule has 0 spiro atoms. The molecule has 2 amide bonds. The number of nitrogens with zero attached hydrogens (tertiary/aromatic N) is 1. The first-order chi connectivity index (χ1) is 15.0. The lowest BCUT2D eigenvalue weighted by molar-refractivity contribution is -0.118. The Balaban J connectivity index is 1.84. The largest absolute Gasteiger partial charge is 0.324 e. The lowest BCUT2D eigenvalue weighted by Gasteiger charge is -2.29. The van der Waals surface area contributed by atoms with E-state index >= 15 is 0 Å². The molecule has 1 heterocycles. The summed E-state index contributed by atoms with van der Waals surface area (Å²) in [5.74, 6) is -0.736. The van der Waals surface area contributed by atoms with Crippen molar-refractivity contribution in [2.75, 3.05) is 16.8 Å². The number of benzene rings is 2. The van der Waals surface area contributed by atoms with Gasteiger partial charge in [0.05, 0.1) is 4.90 Å². The van der Waals surface area contributed by atoms with E-state index in [-0.39, 0.29) is 16.7 Å². The SMILES string of the molecule is CC(=O)N1CCCc2cc(S(=O)(=O)NC(C(=O)Nc3ccc(C)cc3C)C(C)C)ccc21. The zero-order valence-electron chi connectivity index (χ0n) is 19.2. The maximum atomic E-state index is 13.1. The third-order valence-corrected chi connectivity index (χ3v) is 7.17. The van der Waals surface area contributed by atoms with Gasteiger partial charge in [-0.15, -0.1) is 0 Å². The Hall–Kier alpha value is -2.71. The molecule has 0 radical (unpaired) electrons. The first-order valence-corrected chi connectivity index (χ1v) is 12.3. The minimum Gasteiger partial charge on any atom is -0.324 e. The van der Waals surface area contributed by atoms with Gasteiger partial charge in [0.15, 0.2) is 0 Å². The van der Waals surface area contributed by atoms with Gasteiger partial charge in [-0.3, -0.25) is 9.59 Å².